The molecule has 0 aliphatic carbocycles. The minimum absolute atomic E-state index is 0.124. The zero-order valence-corrected chi connectivity index (χ0v) is 8.56. The predicted molar refractivity (Wildman–Crippen MR) is 56.8 cm³/mol. The molecular formula is C10H7N5O2. The van der Waals surface area contributed by atoms with Gasteiger partial charge < -0.3 is 9.84 Å². The van der Waals surface area contributed by atoms with Gasteiger partial charge in [0.25, 0.3) is 0 Å². The maximum atomic E-state index is 9.32. The van der Waals surface area contributed by atoms with Crippen molar-refractivity contribution in [3.63, 3.8) is 0 Å². The summed E-state index contributed by atoms with van der Waals surface area (Å²) >= 11 is 0. The van der Waals surface area contributed by atoms with Crippen LogP contribution in [-0.2, 0) is 0 Å². The van der Waals surface area contributed by atoms with Gasteiger partial charge in [-0.2, -0.15) is 4.52 Å². The molecule has 1 aromatic carbocycles. The molecule has 0 atom stereocenters. The lowest BCUT2D eigenvalue weighted by Gasteiger charge is -2.05. The van der Waals surface area contributed by atoms with E-state index < -0.39 is 0 Å². The molecule has 3 aromatic rings. The molecule has 2 aromatic heterocycles. The molecule has 7 heteroatoms. The molecule has 3 rings (SSSR count). The maximum Gasteiger partial charge on any atom is 0.242 e. The molecule has 0 aliphatic rings. The number of rotatable bonds is 2. The molecule has 0 spiro atoms. The number of aromatic hydroxyl groups is 1. The van der Waals surface area contributed by atoms with Crippen LogP contribution in [0.15, 0.2) is 36.7 Å². The summed E-state index contributed by atoms with van der Waals surface area (Å²) in [5.74, 6) is 0.979. The van der Waals surface area contributed by atoms with E-state index in [2.05, 4.69) is 20.5 Å². The van der Waals surface area contributed by atoms with E-state index in [1.807, 2.05) is 0 Å². The lowest BCUT2D eigenvalue weighted by atomic mass is 10.3. The molecule has 0 fully saturated rings. The Morgan fingerprint density at radius 3 is 3.06 bits per heavy atom. The fourth-order valence-corrected chi connectivity index (χ4v) is 1.39. The Hall–Kier alpha value is -2.70. The van der Waals surface area contributed by atoms with Gasteiger partial charge in [-0.3, -0.25) is 4.98 Å². The Balaban J connectivity index is 2.02. The quantitative estimate of drug-likeness (QED) is 0.706. The Labute approximate surface area is 95.3 Å². The van der Waals surface area contributed by atoms with E-state index >= 15 is 0 Å². The molecule has 0 radical (unpaired) electrons. The number of aromatic nitrogens is 5. The number of fused-ring (bicyclic) bond motifs is 1. The van der Waals surface area contributed by atoms with Gasteiger partial charge >= 0.3 is 0 Å². The van der Waals surface area contributed by atoms with Gasteiger partial charge in [0.1, 0.15) is 11.5 Å². The highest BCUT2D eigenvalue weighted by Gasteiger charge is 2.06. The molecule has 0 bridgehead atoms. The summed E-state index contributed by atoms with van der Waals surface area (Å²) in [7, 11) is 0. The number of ether oxygens (including phenoxy) is 1. The zero-order chi connectivity index (χ0) is 11.7. The van der Waals surface area contributed by atoms with Crippen molar-refractivity contribution in [3.05, 3.63) is 36.7 Å². The van der Waals surface area contributed by atoms with Crippen molar-refractivity contribution in [2.24, 2.45) is 0 Å². The average molecular weight is 229 g/mol. The van der Waals surface area contributed by atoms with Crippen LogP contribution < -0.4 is 4.74 Å². The first kappa shape index (κ1) is 9.52. The minimum atomic E-state index is 0.124. The smallest absolute Gasteiger partial charge is 0.242 e. The number of tetrazole rings is 1. The molecule has 17 heavy (non-hydrogen) atoms. The largest absolute Gasteiger partial charge is 0.508 e. The Morgan fingerprint density at radius 2 is 2.18 bits per heavy atom. The SMILES string of the molecule is Oc1cccc(Oc2cncc3nnnn23)c1. The van der Waals surface area contributed by atoms with Crippen LogP contribution in [0.2, 0.25) is 0 Å². The van der Waals surface area contributed by atoms with Gasteiger partial charge in [0, 0.05) is 6.07 Å². The second-order valence-corrected chi connectivity index (χ2v) is 3.29. The first-order chi connectivity index (χ1) is 8.33. The molecule has 7 nitrogen and oxygen atoms in total. The standard InChI is InChI=1S/C10H7N5O2/c16-7-2-1-3-8(4-7)17-10-6-11-5-9-12-13-14-15(9)10/h1-6,16H. The summed E-state index contributed by atoms with van der Waals surface area (Å²) in [5, 5.41) is 20.4. The fourth-order valence-electron chi connectivity index (χ4n) is 1.39. The van der Waals surface area contributed by atoms with E-state index in [1.165, 1.54) is 23.0 Å². The summed E-state index contributed by atoms with van der Waals surface area (Å²) < 4.78 is 6.94. The van der Waals surface area contributed by atoms with E-state index in [0.717, 1.165) is 0 Å². The number of phenols is 1. The maximum absolute atomic E-state index is 9.32. The van der Waals surface area contributed by atoms with Gasteiger partial charge in [-0.1, -0.05) is 6.07 Å². The van der Waals surface area contributed by atoms with Crippen LogP contribution in [0.4, 0.5) is 0 Å². The molecule has 84 valence electrons. The van der Waals surface area contributed by atoms with Crippen molar-refractivity contribution in [2.45, 2.75) is 0 Å². The lowest BCUT2D eigenvalue weighted by Crippen LogP contribution is -1.96. The van der Waals surface area contributed by atoms with Crippen LogP contribution in [-0.4, -0.2) is 30.1 Å². The van der Waals surface area contributed by atoms with Crippen molar-refractivity contribution in [1.82, 2.24) is 25.0 Å². The van der Waals surface area contributed by atoms with Crippen LogP contribution >= 0.6 is 0 Å². The second kappa shape index (κ2) is 3.71. The van der Waals surface area contributed by atoms with Gasteiger partial charge in [0.05, 0.1) is 12.4 Å². The molecule has 0 unspecified atom stereocenters. The number of phenolic OH excluding ortho intramolecular Hbond substituents is 1. The summed E-state index contributed by atoms with van der Waals surface area (Å²) in [4.78, 5) is 3.95. The van der Waals surface area contributed by atoms with Crippen LogP contribution in [0.25, 0.3) is 5.65 Å². The first-order valence-electron chi connectivity index (χ1n) is 4.82. The number of hydrogen-bond donors (Lipinski definition) is 1. The lowest BCUT2D eigenvalue weighted by molar-refractivity contribution is 0.431. The van der Waals surface area contributed by atoms with Crippen molar-refractivity contribution in [1.29, 1.82) is 0 Å². The Kier molecular flexibility index (Phi) is 2.08. The molecular weight excluding hydrogens is 222 g/mol. The molecule has 0 aliphatic heterocycles. The topological polar surface area (TPSA) is 85.4 Å². The third kappa shape index (κ3) is 1.73. The molecule has 0 saturated carbocycles. The summed E-state index contributed by atoms with van der Waals surface area (Å²) in [6, 6.07) is 6.44. The summed E-state index contributed by atoms with van der Waals surface area (Å²) in [5.41, 5.74) is 0.489. The molecule has 0 amide bonds. The third-order valence-electron chi connectivity index (χ3n) is 2.12. The monoisotopic (exact) mass is 229 g/mol. The minimum Gasteiger partial charge on any atom is -0.508 e. The highest BCUT2D eigenvalue weighted by Crippen LogP contribution is 2.23. The average Bonchev–Trinajstić information content (AvgIpc) is 2.78. The highest BCUT2D eigenvalue weighted by atomic mass is 16.5. The van der Waals surface area contributed by atoms with Crippen molar-refractivity contribution in [3.8, 4) is 17.4 Å². The van der Waals surface area contributed by atoms with Crippen LogP contribution in [0.5, 0.6) is 17.4 Å². The van der Waals surface area contributed by atoms with Crippen LogP contribution in [0.1, 0.15) is 0 Å². The number of nitrogens with zero attached hydrogens (tertiary/aromatic N) is 5. The van der Waals surface area contributed by atoms with Crippen molar-refractivity contribution >= 4 is 5.65 Å². The fraction of sp³-hybridized carbons (Fsp3) is 0. The van der Waals surface area contributed by atoms with Gasteiger partial charge in [-0.15, -0.1) is 5.10 Å². The Morgan fingerprint density at radius 1 is 1.24 bits per heavy atom. The van der Waals surface area contributed by atoms with Gasteiger partial charge in [-0.25, -0.2) is 0 Å². The van der Waals surface area contributed by atoms with E-state index in [9.17, 15) is 5.11 Å². The van der Waals surface area contributed by atoms with Gasteiger partial charge in [-0.05, 0) is 22.6 Å². The first-order valence-corrected chi connectivity index (χ1v) is 4.82. The van der Waals surface area contributed by atoms with Gasteiger partial charge in [0.2, 0.25) is 11.5 Å². The second-order valence-electron chi connectivity index (χ2n) is 3.29. The van der Waals surface area contributed by atoms with Crippen LogP contribution in [0.3, 0.4) is 0 Å². The van der Waals surface area contributed by atoms with E-state index in [-0.39, 0.29) is 5.75 Å². The van der Waals surface area contributed by atoms with E-state index in [4.69, 9.17) is 4.74 Å². The predicted octanol–water partition coefficient (Wildman–Crippen LogP) is 1.02. The molecule has 0 saturated heterocycles. The van der Waals surface area contributed by atoms with E-state index in [1.54, 1.807) is 18.2 Å². The van der Waals surface area contributed by atoms with Crippen LogP contribution in [0, 0.1) is 0 Å². The highest BCUT2D eigenvalue weighted by molar-refractivity contribution is 5.38. The molecule has 2 heterocycles. The van der Waals surface area contributed by atoms with E-state index in [0.29, 0.717) is 17.3 Å². The zero-order valence-electron chi connectivity index (χ0n) is 8.56. The van der Waals surface area contributed by atoms with Gasteiger partial charge in [0.15, 0.2) is 0 Å². The molecule has 1 N–H and O–H groups in total. The summed E-state index contributed by atoms with van der Waals surface area (Å²) in [6.45, 7) is 0. The van der Waals surface area contributed by atoms with Crippen molar-refractivity contribution < 1.29 is 9.84 Å². The number of benzene rings is 1. The normalized spacial score (nSPS) is 10.6. The Bertz CT molecular complexity index is 666. The third-order valence-corrected chi connectivity index (χ3v) is 2.12. The number of hydrogen-bond acceptors (Lipinski definition) is 6. The summed E-state index contributed by atoms with van der Waals surface area (Å²) in [6.07, 6.45) is 3.02. The van der Waals surface area contributed by atoms with Crippen molar-refractivity contribution in [2.75, 3.05) is 0 Å².